The van der Waals surface area contributed by atoms with Crippen molar-refractivity contribution >= 4 is 11.4 Å². The summed E-state index contributed by atoms with van der Waals surface area (Å²) in [6, 6.07) is 32.7. The second kappa shape index (κ2) is 12.8. The molecular formula is C29H29IrN4. The van der Waals surface area contributed by atoms with E-state index in [-0.39, 0.29) is 20.1 Å². The predicted octanol–water partition coefficient (Wildman–Crippen LogP) is 6.81. The summed E-state index contributed by atoms with van der Waals surface area (Å²) in [5.74, 6) is 0. The molecule has 4 rings (SSSR count). The van der Waals surface area contributed by atoms with E-state index < -0.39 is 0 Å². The van der Waals surface area contributed by atoms with Crippen LogP contribution in [0, 0.1) is 26.0 Å². The Morgan fingerprint density at radius 2 is 1.65 bits per heavy atom. The van der Waals surface area contributed by atoms with Gasteiger partial charge in [0.05, 0.1) is 5.69 Å². The summed E-state index contributed by atoms with van der Waals surface area (Å²) in [5, 5.41) is 13.7. The van der Waals surface area contributed by atoms with Crippen LogP contribution in [0.4, 0.5) is 5.69 Å². The molecule has 0 N–H and O–H groups in total. The number of allylic oxidation sites excluding steroid dienone is 2. The molecule has 0 amide bonds. The zero-order valence-corrected chi connectivity index (χ0v) is 22.6. The average molecular weight is 626 g/mol. The molecule has 4 nitrogen and oxygen atoms in total. The minimum absolute atomic E-state index is 0. The molecule has 5 heteroatoms. The number of aryl methyl sites for hydroxylation is 2. The molecule has 0 atom stereocenters. The van der Waals surface area contributed by atoms with Crippen LogP contribution in [0.5, 0.6) is 0 Å². The minimum Gasteiger partial charge on any atom is -0.808 e. The van der Waals surface area contributed by atoms with Crippen molar-refractivity contribution in [2.75, 3.05) is 11.9 Å². The topological polar surface area (TPSA) is 43.4 Å². The number of benzene rings is 3. The summed E-state index contributed by atoms with van der Waals surface area (Å²) in [6.07, 6.45) is 1.74. The van der Waals surface area contributed by atoms with E-state index >= 15 is 0 Å². The van der Waals surface area contributed by atoms with Crippen molar-refractivity contribution in [2.24, 2.45) is 0 Å². The van der Waals surface area contributed by atoms with Crippen molar-refractivity contribution in [3.8, 4) is 16.8 Å². The van der Waals surface area contributed by atoms with Crippen LogP contribution in [0.25, 0.3) is 22.2 Å². The van der Waals surface area contributed by atoms with Crippen LogP contribution in [-0.4, -0.2) is 22.5 Å². The Morgan fingerprint density at radius 1 is 0.941 bits per heavy atom. The first-order valence-electron chi connectivity index (χ1n) is 10.9. The first-order chi connectivity index (χ1) is 15.8. The SMILES string of the molecule is CC(=[N-])/C=C(/C)N(C)c1[c-]cc(-c2ccccc2)cc1.Cc1cc(C)n(-c2[c-]cccc2)n1.[Ir+3]. The number of para-hydroxylation sites is 1. The van der Waals surface area contributed by atoms with Gasteiger partial charge in [-0.1, -0.05) is 54.6 Å². The molecule has 0 saturated carbocycles. The number of nitrogens with zero attached hydrogens (tertiary/aromatic N) is 4. The molecule has 34 heavy (non-hydrogen) atoms. The predicted molar refractivity (Wildman–Crippen MR) is 139 cm³/mol. The Hall–Kier alpha value is -3.27. The first-order valence-corrected chi connectivity index (χ1v) is 10.9. The van der Waals surface area contributed by atoms with Gasteiger partial charge in [0.25, 0.3) is 0 Å². The van der Waals surface area contributed by atoms with Crippen molar-refractivity contribution in [1.29, 1.82) is 0 Å². The fourth-order valence-corrected chi connectivity index (χ4v) is 3.41. The third-order valence-electron chi connectivity index (χ3n) is 5.14. The van der Waals surface area contributed by atoms with Gasteiger partial charge in [-0.3, -0.25) is 4.68 Å². The normalized spacial score (nSPS) is 10.6. The molecule has 0 unspecified atom stereocenters. The summed E-state index contributed by atoms with van der Waals surface area (Å²) >= 11 is 0. The molecule has 0 aliphatic carbocycles. The van der Waals surface area contributed by atoms with Crippen molar-refractivity contribution in [3.63, 3.8) is 0 Å². The Bertz CT molecular complexity index is 1210. The number of rotatable bonds is 5. The van der Waals surface area contributed by atoms with Gasteiger partial charge in [-0.05, 0) is 32.5 Å². The van der Waals surface area contributed by atoms with E-state index in [1.54, 1.807) is 13.0 Å². The van der Waals surface area contributed by atoms with Crippen LogP contribution in [0.1, 0.15) is 25.2 Å². The van der Waals surface area contributed by atoms with Crippen LogP contribution >= 0.6 is 0 Å². The second-order valence-electron chi connectivity index (χ2n) is 7.90. The van der Waals surface area contributed by atoms with Crippen LogP contribution in [0.2, 0.25) is 0 Å². The molecule has 1 heterocycles. The molecule has 4 aromatic rings. The Balaban J connectivity index is 0.000000253. The maximum Gasteiger partial charge on any atom is 3.00 e. The molecular weight excluding hydrogens is 597 g/mol. The summed E-state index contributed by atoms with van der Waals surface area (Å²) in [5.41, 5.74) is 7.74. The smallest absolute Gasteiger partial charge is 0.808 e. The maximum absolute atomic E-state index is 9.31. The van der Waals surface area contributed by atoms with Gasteiger partial charge in [0.15, 0.2) is 0 Å². The van der Waals surface area contributed by atoms with Gasteiger partial charge in [-0.2, -0.15) is 53.3 Å². The van der Waals surface area contributed by atoms with Crippen LogP contribution < -0.4 is 4.90 Å². The standard InChI is InChI=1S/C18H18N2.C11H11N2.Ir/c1-14(19)13-15(2)20(3)18-11-9-17(10-12-18)16-7-5-4-6-8-16;1-9-8-10(2)13(12-9)11-6-4-3-5-7-11;/h4-11,13H,1-3H3;3-6,8H,1-2H3;/q-2;-1;+3/b15-13-;;. The zero-order valence-electron chi connectivity index (χ0n) is 20.2. The van der Waals surface area contributed by atoms with E-state index in [0.717, 1.165) is 34.0 Å². The zero-order chi connectivity index (χ0) is 23.8. The van der Waals surface area contributed by atoms with Gasteiger partial charge in [-0.25, -0.2) is 0 Å². The van der Waals surface area contributed by atoms with Crippen molar-refractivity contribution < 1.29 is 20.1 Å². The van der Waals surface area contributed by atoms with Gasteiger partial charge in [0.1, 0.15) is 0 Å². The van der Waals surface area contributed by atoms with Crippen LogP contribution in [0.15, 0.2) is 90.6 Å². The summed E-state index contributed by atoms with van der Waals surface area (Å²) in [4.78, 5) is 1.99. The Kier molecular flexibility index (Phi) is 10.2. The Labute approximate surface area is 216 Å². The molecule has 0 bridgehead atoms. The molecule has 0 spiro atoms. The molecule has 0 aliphatic heterocycles. The van der Waals surface area contributed by atoms with Crippen molar-refractivity contribution in [1.82, 2.24) is 9.78 Å². The van der Waals surface area contributed by atoms with E-state index in [2.05, 4.69) is 41.5 Å². The Morgan fingerprint density at radius 3 is 2.18 bits per heavy atom. The molecule has 0 aliphatic rings. The van der Waals surface area contributed by atoms with Crippen LogP contribution in [-0.2, 0) is 20.1 Å². The monoisotopic (exact) mass is 626 g/mol. The minimum atomic E-state index is 0. The second-order valence-corrected chi connectivity index (χ2v) is 7.90. The van der Waals surface area contributed by atoms with Gasteiger partial charge >= 0.3 is 20.1 Å². The molecule has 0 radical (unpaired) electrons. The van der Waals surface area contributed by atoms with E-state index in [1.165, 1.54) is 5.56 Å². The molecule has 3 aromatic carbocycles. The molecule has 1 aromatic heterocycles. The third kappa shape index (κ3) is 7.38. The number of hydrogen-bond donors (Lipinski definition) is 0. The van der Waals surface area contributed by atoms with E-state index in [4.69, 9.17) is 0 Å². The number of hydrogen-bond acceptors (Lipinski definition) is 2. The molecule has 0 saturated heterocycles. The van der Waals surface area contributed by atoms with Gasteiger partial charge in [-0.15, -0.1) is 17.7 Å². The average Bonchev–Trinajstić information content (AvgIpc) is 3.17. The quantitative estimate of drug-likeness (QED) is 0.181. The van der Waals surface area contributed by atoms with Crippen molar-refractivity contribution in [3.05, 3.63) is 120 Å². The van der Waals surface area contributed by atoms with E-state index in [9.17, 15) is 5.41 Å². The largest absolute Gasteiger partial charge is 3.00 e. The summed E-state index contributed by atoms with van der Waals surface area (Å²) in [6.45, 7) is 7.66. The molecule has 174 valence electrons. The summed E-state index contributed by atoms with van der Waals surface area (Å²) in [7, 11) is 1.96. The van der Waals surface area contributed by atoms with Gasteiger partial charge < -0.3 is 10.3 Å². The summed E-state index contributed by atoms with van der Waals surface area (Å²) < 4.78 is 1.90. The fraction of sp³-hybridized carbons (Fsp3) is 0.172. The van der Waals surface area contributed by atoms with Gasteiger partial charge in [0.2, 0.25) is 0 Å². The number of aromatic nitrogens is 2. The van der Waals surface area contributed by atoms with Crippen LogP contribution in [0.3, 0.4) is 0 Å². The fourth-order valence-electron chi connectivity index (χ4n) is 3.41. The first kappa shape index (κ1) is 27.0. The number of anilines is 1. The van der Waals surface area contributed by atoms with E-state index in [1.807, 2.05) is 92.0 Å². The third-order valence-corrected chi connectivity index (χ3v) is 5.14. The van der Waals surface area contributed by atoms with Crippen molar-refractivity contribution in [2.45, 2.75) is 27.7 Å². The van der Waals surface area contributed by atoms with E-state index in [0.29, 0.717) is 5.71 Å². The van der Waals surface area contributed by atoms with Gasteiger partial charge in [0, 0.05) is 18.4 Å². The molecule has 0 fully saturated rings. The maximum atomic E-state index is 9.31.